The van der Waals surface area contributed by atoms with Gasteiger partial charge in [-0.1, -0.05) is 37.3 Å². The number of anilines is 1. The minimum Gasteiger partial charge on any atom is -0.373 e. The van der Waals surface area contributed by atoms with Crippen molar-refractivity contribution < 1.29 is 14.3 Å². The van der Waals surface area contributed by atoms with Gasteiger partial charge >= 0.3 is 0 Å². The van der Waals surface area contributed by atoms with Crippen LogP contribution in [0.3, 0.4) is 0 Å². The summed E-state index contributed by atoms with van der Waals surface area (Å²) in [6.07, 6.45) is 2.38. The highest BCUT2D eigenvalue weighted by atomic mass is 16.5. The lowest BCUT2D eigenvalue weighted by molar-refractivity contribution is -0.115. The number of nitrogens with zero attached hydrogens (tertiary/aromatic N) is 1. The number of nitrogens with one attached hydrogen (secondary N) is 2. The van der Waals surface area contributed by atoms with E-state index < -0.39 is 0 Å². The van der Waals surface area contributed by atoms with E-state index >= 15 is 0 Å². The van der Waals surface area contributed by atoms with Crippen molar-refractivity contribution in [3.8, 4) is 0 Å². The van der Waals surface area contributed by atoms with Crippen molar-refractivity contribution >= 4 is 28.4 Å². The molecule has 0 aliphatic carbocycles. The zero-order valence-electron chi connectivity index (χ0n) is 18.1. The number of carbonyl (C=O) groups excluding carboxylic acids is 2. The molecule has 6 heteroatoms. The molecule has 1 saturated heterocycles. The van der Waals surface area contributed by atoms with Crippen molar-refractivity contribution in [1.29, 1.82) is 0 Å². The maximum atomic E-state index is 13.2. The van der Waals surface area contributed by atoms with E-state index in [1.165, 1.54) is 0 Å². The van der Waals surface area contributed by atoms with Gasteiger partial charge in [-0.05, 0) is 49.6 Å². The minimum atomic E-state index is -0.302. The number of ether oxygens (including phenoxy) is 1. The van der Waals surface area contributed by atoms with Crippen molar-refractivity contribution in [2.45, 2.75) is 45.3 Å². The van der Waals surface area contributed by atoms with E-state index in [1.807, 2.05) is 60.9 Å². The second-order valence-electron chi connectivity index (χ2n) is 8.36. The summed E-state index contributed by atoms with van der Waals surface area (Å²) in [6.45, 7) is 5.68. The van der Waals surface area contributed by atoms with Crippen LogP contribution >= 0.6 is 0 Å². The Morgan fingerprint density at radius 1 is 1.13 bits per heavy atom. The number of carbonyl (C=O) groups is 2. The molecule has 1 atom stereocenters. The smallest absolute Gasteiger partial charge is 0.268 e. The molecule has 0 bridgehead atoms. The Bertz CT molecular complexity index is 1080. The molecule has 0 saturated carbocycles. The van der Waals surface area contributed by atoms with Crippen LogP contribution < -0.4 is 10.6 Å². The van der Waals surface area contributed by atoms with Crippen molar-refractivity contribution in [1.82, 2.24) is 9.88 Å². The molecule has 2 N–H and O–H groups in total. The Balaban J connectivity index is 1.66. The van der Waals surface area contributed by atoms with Gasteiger partial charge in [-0.2, -0.15) is 0 Å². The van der Waals surface area contributed by atoms with Gasteiger partial charge in [0.05, 0.1) is 5.60 Å². The third kappa shape index (κ3) is 4.80. The highest BCUT2D eigenvalue weighted by molar-refractivity contribution is 6.00. The predicted molar refractivity (Wildman–Crippen MR) is 122 cm³/mol. The van der Waals surface area contributed by atoms with E-state index in [2.05, 4.69) is 22.8 Å². The molecule has 1 fully saturated rings. The zero-order valence-corrected chi connectivity index (χ0v) is 18.1. The number of benzene rings is 2. The first-order valence-electron chi connectivity index (χ1n) is 10.9. The van der Waals surface area contributed by atoms with Crippen LogP contribution in [-0.2, 0) is 16.1 Å². The van der Waals surface area contributed by atoms with E-state index in [0.717, 1.165) is 41.6 Å². The molecule has 1 aromatic heterocycles. The largest absolute Gasteiger partial charge is 0.373 e. The average Bonchev–Trinajstić information content (AvgIpc) is 3.37. The fourth-order valence-corrected chi connectivity index (χ4v) is 4.06. The molecule has 2 amide bonds. The maximum absolute atomic E-state index is 13.2. The molecular formula is C25H29N3O3. The minimum absolute atomic E-state index is 0.0363. The van der Waals surface area contributed by atoms with Gasteiger partial charge in [0.2, 0.25) is 5.91 Å². The molecule has 4 rings (SSSR count). The summed E-state index contributed by atoms with van der Waals surface area (Å²) in [7, 11) is 0. The fourth-order valence-electron chi connectivity index (χ4n) is 4.06. The molecule has 1 aliphatic rings. The lowest BCUT2D eigenvalue weighted by atomic mass is 10.0. The monoisotopic (exact) mass is 419 g/mol. The SMILES string of the molecule is CCC(=O)Nc1ccc2c(c1)cc(C(=O)NC[C@@]1(C)CCCO1)n2Cc1ccccc1. The van der Waals surface area contributed by atoms with Crippen LogP contribution in [0.4, 0.5) is 5.69 Å². The number of hydrogen-bond donors (Lipinski definition) is 2. The number of amides is 2. The van der Waals surface area contributed by atoms with Crippen molar-refractivity contribution in [3.63, 3.8) is 0 Å². The topological polar surface area (TPSA) is 72.4 Å². The first kappa shape index (κ1) is 21.1. The van der Waals surface area contributed by atoms with Gasteiger partial charge in [-0.25, -0.2) is 0 Å². The van der Waals surface area contributed by atoms with Gasteiger partial charge in [-0.15, -0.1) is 0 Å². The first-order chi connectivity index (χ1) is 15.0. The fraction of sp³-hybridized carbons (Fsp3) is 0.360. The lowest BCUT2D eigenvalue weighted by Gasteiger charge is -2.23. The molecule has 2 heterocycles. The lowest BCUT2D eigenvalue weighted by Crippen LogP contribution is -2.40. The second-order valence-corrected chi connectivity index (χ2v) is 8.36. The predicted octanol–water partition coefficient (Wildman–Crippen LogP) is 4.34. The van der Waals surface area contributed by atoms with Crippen molar-refractivity contribution in [2.24, 2.45) is 0 Å². The summed E-state index contributed by atoms with van der Waals surface area (Å²) in [5.74, 6) is -0.158. The molecule has 3 aromatic rings. The summed E-state index contributed by atoms with van der Waals surface area (Å²) in [6, 6.07) is 17.7. The van der Waals surface area contributed by atoms with Gasteiger partial charge in [0, 0.05) is 42.7 Å². The molecule has 162 valence electrons. The van der Waals surface area contributed by atoms with E-state index in [4.69, 9.17) is 4.74 Å². The molecule has 0 spiro atoms. The summed E-state index contributed by atoms with van der Waals surface area (Å²) >= 11 is 0. The highest BCUT2D eigenvalue weighted by Crippen LogP contribution is 2.27. The van der Waals surface area contributed by atoms with E-state index in [-0.39, 0.29) is 17.4 Å². The molecule has 2 aromatic carbocycles. The number of aromatic nitrogens is 1. The van der Waals surface area contributed by atoms with Crippen LogP contribution in [0.15, 0.2) is 54.6 Å². The maximum Gasteiger partial charge on any atom is 0.268 e. The van der Waals surface area contributed by atoms with Gasteiger partial charge < -0.3 is 19.9 Å². The number of hydrogen-bond acceptors (Lipinski definition) is 3. The standard InChI is InChI=1S/C25H29N3O3/c1-3-23(29)27-20-10-11-21-19(14-20)15-22(28(21)16-18-8-5-4-6-9-18)24(30)26-17-25(2)12-7-13-31-25/h4-6,8-11,14-15H,3,7,12-13,16-17H2,1-2H3,(H,26,30)(H,27,29)/t25-/m1/s1. The Labute approximate surface area is 182 Å². The summed E-state index contributed by atoms with van der Waals surface area (Å²) in [4.78, 5) is 25.0. The summed E-state index contributed by atoms with van der Waals surface area (Å²) in [5, 5.41) is 6.88. The third-order valence-electron chi connectivity index (χ3n) is 5.85. The highest BCUT2D eigenvalue weighted by Gasteiger charge is 2.30. The Morgan fingerprint density at radius 3 is 2.65 bits per heavy atom. The van der Waals surface area contributed by atoms with Gasteiger partial charge in [0.15, 0.2) is 0 Å². The van der Waals surface area contributed by atoms with Crippen LogP contribution in [0.25, 0.3) is 10.9 Å². The molecule has 6 nitrogen and oxygen atoms in total. The Morgan fingerprint density at radius 2 is 1.94 bits per heavy atom. The van der Waals surface area contributed by atoms with Crippen LogP contribution in [-0.4, -0.2) is 35.1 Å². The zero-order chi connectivity index (χ0) is 21.8. The Hall–Kier alpha value is -3.12. The summed E-state index contributed by atoms with van der Waals surface area (Å²) < 4.78 is 7.84. The molecular weight excluding hydrogens is 390 g/mol. The van der Waals surface area contributed by atoms with Crippen LogP contribution in [0.2, 0.25) is 0 Å². The molecule has 0 radical (unpaired) electrons. The van der Waals surface area contributed by atoms with Crippen LogP contribution in [0.5, 0.6) is 0 Å². The van der Waals surface area contributed by atoms with E-state index in [0.29, 0.717) is 25.2 Å². The quantitative estimate of drug-likeness (QED) is 0.598. The normalized spacial score (nSPS) is 18.3. The average molecular weight is 420 g/mol. The van der Waals surface area contributed by atoms with Crippen LogP contribution in [0.1, 0.15) is 49.2 Å². The third-order valence-corrected chi connectivity index (χ3v) is 5.85. The van der Waals surface area contributed by atoms with Crippen molar-refractivity contribution in [3.05, 3.63) is 65.9 Å². The van der Waals surface area contributed by atoms with E-state index in [9.17, 15) is 9.59 Å². The molecule has 31 heavy (non-hydrogen) atoms. The molecule has 0 unspecified atom stereocenters. The molecule has 1 aliphatic heterocycles. The number of fused-ring (bicyclic) bond motifs is 1. The van der Waals surface area contributed by atoms with Gasteiger partial charge in [0.1, 0.15) is 5.69 Å². The number of rotatable bonds is 7. The first-order valence-corrected chi connectivity index (χ1v) is 10.9. The van der Waals surface area contributed by atoms with E-state index in [1.54, 1.807) is 0 Å². The Kier molecular flexibility index (Phi) is 6.09. The van der Waals surface area contributed by atoms with Gasteiger partial charge in [-0.3, -0.25) is 9.59 Å². The van der Waals surface area contributed by atoms with Gasteiger partial charge in [0.25, 0.3) is 5.91 Å². The second kappa shape index (κ2) is 8.94. The van der Waals surface area contributed by atoms with Crippen LogP contribution in [0, 0.1) is 0 Å². The van der Waals surface area contributed by atoms with Crippen molar-refractivity contribution in [2.75, 3.05) is 18.5 Å². The summed E-state index contributed by atoms with van der Waals surface area (Å²) in [5.41, 5.74) is 3.09.